The normalized spacial score (nSPS) is 13.1. The molecule has 6 heteroatoms. The summed E-state index contributed by atoms with van der Waals surface area (Å²) in [6, 6.07) is 57.9. The lowest BCUT2D eigenvalue weighted by Crippen LogP contribution is -2.53. The Morgan fingerprint density at radius 1 is 0.426 bits per heavy atom. The molecular formula is C48H27BN2O3. The lowest BCUT2D eigenvalue weighted by Gasteiger charge is -2.33. The minimum atomic E-state index is -0.343. The zero-order chi connectivity index (χ0) is 35.1. The number of hydrogen-bond donors (Lipinski definition) is 0. The Hall–Kier alpha value is -7.18. The molecule has 2 aliphatic rings. The minimum absolute atomic E-state index is 0.343. The number of rotatable bonds is 2. The monoisotopic (exact) mass is 690 g/mol. The van der Waals surface area contributed by atoms with Crippen molar-refractivity contribution < 1.29 is 13.8 Å². The van der Waals surface area contributed by atoms with E-state index in [-0.39, 0.29) is 6.92 Å². The smallest absolute Gasteiger partial charge is 0.434 e. The molecule has 3 aromatic heterocycles. The number of para-hydroxylation sites is 5. The summed E-state index contributed by atoms with van der Waals surface area (Å²) in [5.74, 6) is 2.46. The highest BCUT2D eigenvalue weighted by Gasteiger charge is 2.41. The van der Waals surface area contributed by atoms with Gasteiger partial charge < -0.3 is 22.9 Å². The number of aromatic nitrogens is 2. The van der Waals surface area contributed by atoms with Crippen molar-refractivity contribution in [2.75, 3.05) is 0 Å². The topological polar surface area (TPSA) is 41.5 Å². The van der Waals surface area contributed by atoms with Crippen molar-refractivity contribution in [3.8, 4) is 39.8 Å². The second kappa shape index (κ2) is 10.2. The molecule has 0 spiro atoms. The number of ether oxygens (including phenoxy) is 1. The fraction of sp³-hybridized carbons (Fsp3) is 0. The van der Waals surface area contributed by atoms with E-state index in [2.05, 4.69) is 161 Å². The maximum absolute atomic E-state index is 6.95. The largest absolute Gasteiger partial charge is 0.551 e. The first kappa shape index (κ1) is 28.4. The predicted molar refractivity (Wildman–Crippen MR) is 220 cm³/mol. The van der Waals surface area contributed by atoms with Crippen LogP contribution in [0, 0.1) is 0 Å². The lowest BCUT2D eigenvalue weighted by atomic mass is 9.50. The summed E-state index contributed by atoms with van der Waals surface area (Å²) < 4.78 is 25.2. The molecule has 2 aliphatic heterocycles. The van der Waals surface area contributed by atoms with Gasteiger partial charge in [0.25, 0.3) is 0 Å². The van der Waals surface area contributed by atoms with Gasteiger partial charge in [-0.15, -0.1) is 0 Å². The van der Waals surface area contributed by atoms with Gasteiger partial charge in [0, 0.05) is 55.2 Å². The van der Waals surface area contributed by atoms with E-state index in [0.29, 0.717) is 0 Å². The van der Waals surface area contributed by atoms with E-state index >= 15 is 0 Å². The van der Waals surface area contributed by atoms with E-state index in [0.717, 1.165) is 94.4 Å². The van der Waals surface area contributed by atoms with Crippen LogP contribution < -0.4 is 20.3 Å². The van der Waals surface area contributed by atoms with E-state index in [4.69, 9.17) is 13.8 Å². The molecule has 0 radical (unpaired) electrons. The first-order chi connectivity index (χ1) is 26.8. The van der Waals surface area contributed by atoms with Gasteiger partial charge in [0.1, 0.15) is 28.4 Å². The second-order valence-electron chi connectivity index (χ2n) is 14.4. The van der Waals surface area contributed by atoms with Crippen LogP contribution in [0.5, 0.6) is 17.2 Å². The van der Waals surface area contributed by atoms with Crippen LogP contribution >= 0.6 is 0 Å². The van der Waals surface area contributed by atoms with Crippen LogP contribution in [0.2, 0.25) is 0 Å². The van der Waals surface area contributed by atoms with Crippen LogP contribution in [0.3, 0.4) is 0 Å². The maximum atomic E-state index is 6.95. The van der Waals surface area contributed by atoms with E-state index in [1.54, 1.807) is 0 Å². The summed E-state index contributed by atoms with van der Waals surface area (Å²) in [7, 11) is 0. The number of fused-ring (bicyclic) bond motifs is 14. The summed E-state index contributed by atoms with van der Waals surface area (Å²) in [4.78, 5) is 0. The molecule has 8 aromatic carbocycles. The fourth-order valence-electron chi connectivity index (χ4n) is 9.32. The molecule has 0 fully saturated rings. The molecule has 250 valence electrons. The number of furan rings is 1. The molecule has 13 rings (SSSR count). The van der Waals surface area contributed by atoms with Gasteiger partial charge in [-0.3, -0.25) is 0 Å². The highest BCUT2D eigenvalue weighted by atomic mass is 16.5. The van der Waals surface area contributed by atoms with Crippen LogP contribution in [-0.2, 0) is 0 Å². The highest BCUT2D eigenvalue weighted by Crippen LogP contribution is 2.44. The van der Waals surface area contributed by atoms with Crippen LogP contribution in [0.1, 0.15) is 0 Å². The molecule has 54 heavy (non-hydrogen) atoms. The number of hydrogen-bond acceptors (Lipinski definition) is 3. The molecule has 0 aliphatic carbocycles. The molecule has 11 aromatic rings. The molecule has 0 N–H and O–H groups in total. The standard InChI is InChI=1S/C48H27BN2O3/c1-6-16-38-30(11-1)31-12-2-7-17-39(31)50(38)28-21-24-44-37(26-28)49-47-36(33-14-5-10-20-43(33)54-49)25-29(27-45(47)52-44)51-40-18-8-3-15-35(40)46-41(51)23-22-34-32-13-4-9-19-42(32)53-48(34)46/h1-27H. The quantitative estimate of drug-likeness (QED) is 0.170. The Balaban J connectivity index is 1.05. The predicted octanol–water partition coefficient (Wildman–Crippen LogP) is 11.1. The SMILES string of the molecule is c1ccc2c(c1)OB1c3cc(-n4c5ccccc5c5ccccc54)ccc3Oc3cc(-n4c5ccccc5c5c6oc7ccccc7c6ccc54)cc-2c31. The molecular weight excluding hydrogens is 663 g/mol. The molecule has 5 nitrogen and oxygen atoms in total. The summed E-state index contributed by atoms with van der Waals surface area (Å²) in [6.07, 6.45) is 0. The Morgan fingerprint density at radius 3 is 1.91 bits per heavy atom. The van der Waals surface area contributed by atoms with Gasteiger partial charge in [0.05, 0.1) is 33.1 Å². The molecule has 0 saturated heterocycles. The molecule has 0 bridgehead atoms. The van der Waals surface area contributed by atoms with Crippen molar-refractivity contribution in [1.82, 2.24) is 9.13 Å². The molecule has 0 saturated carbocycles. The molecule has 0 atom stereocenters. The Kier molecular flexibility index (Phi) is 5.39. The van der Waals surface area contributed by atoms with Crippen molar-refractivity contribution in [3.63, 3.8) is 0 Å². The summed E-state index contributed by atoms with van der Waals surface area (Å²) in [6.45, 7) is -0.343. The van der Waals surface area contributed by atoms with Crippen molar-refractivity contribution >= 4 is 83.4 Å². The van der Waals surface area contributed by atoms with Gasteiger partial charge in [-0.25, -0.2) is 0 Å². The van der Waals surface area contributed by atoms with Gasteiger partial charge in [0.2, 0.25) is 0 Å². The molecule has 0 unspecified atom stereocenters. The number of benzene rings is 8. The third-order valence-electron chi connectivity index (χ3n) is 11.6. The first-order valence-corrected chi connectivity index (χ1v) is 18.4. The van der Waals surface area contributed by atoms with Gasteiger partial charge in [0.15, 0.2) is 0 Å². The lowest BCUT2D eigenvalue weighted by molar-refractivity contribution is 0.479. The zero-order valence-corrected chi connectivity index (χ0v) is 28.8. The van der Waals surface area contributed by atoms with E-state index in [1.807, 2.05) is 12.1 Å². The van der Waals surface area contributed by atoms with E-state index < -0.39 is 0 Å². The third-order valence-corrected chi connectivity index (χ3v) is 11.6. The van der Waals surface area contributed by atoms with Crippen molar-refractivity contribution in [2.24, 2.45) is 0 Å². The van der Waals surface area contributed by atoms with Crippen LogP contribution in [-0.4, -0.2) is 16.0 Å². The van der Waals surface area contributed by atoms with Crippen LogP contribution in [0.4, 0.5) is 0 Å². The Bertz CT molecular complexity index is 3370. The Morgan fingerprint density at radius 2 is 1.09 bits per heavy atom. The maximum Gasteiger partial charge on any atom is 0.434 e. The van der Waals surface area contributed by atoms with Crippen molar-refractivity contribution in [2.45, 2.75) is 0 Å². The van der Waals surface area contributed by atoms with Crippen LogP contribution in [0.25, 0.3) is 88.1 Å². The molecule has 0 amide bonds. The van der Waals surface area contributed by atoms with Crippen molar-refractivity contribution in [3.05, 3.63) is 164 Å². The van der Waals surface area contributed by atoms with Gasteiger partial charge >= 0.3 is 6.92 Å². The van der Waals surface area contributed by atoms with E-state index in [1.165, 1.54) is 21.8 Å². The zero-order valence-electron chi connectivity index (χ0n) is 28.8. The highest BCUT2D eigenvalue weighted by molar-refractivity contribution is 6.84. The number of nitrogens with zero attached hydrogens (tertiary/aromatic N) is 2. The van der Waals surface area contributed by atoms with Gasteiger partial charge in [-0.1, -0.05) is 91.0 Å². The van der Waals surface area contributed by atoms with Crippen molar-refractivity contribution in [1.29, 1.82) is 0 Å². The van der Waals surface area contributed by atoms with Gasteiger partial charge in [-0.05, 0) is 72.3 Å². The third kappa shape index (κ3) is 3.64. The molecule has 5 heterocycles. The van der Waals surface area contributed by atoms with Gasteiger partial charge in [-0.2, -0.15) is 0 Å². The summed E-state index contributed by atoms with van der Waals surface area (Å²) in [5.41, 5.74) is 12.6. The van der Waals surface area contributed by atoms with Crippen LogP contribution in [0.15, 0.2) is 168 Å². The average Bonchev–Trinajstić information content (AvgIpc) is 3.88. The average molecular weight is 691 g/mol. The minimum Gasteiger partial charge on any atom is -0.551 e. The fourth-order valence-corrected chi connectivity index (χ4v) is 9.32. The van der Waals surface area contributed by atoms with E-state index in [9.17, 15) is 0 Å². The first-order valence-electron chi connectivity index (χ1n) is 18.4. The second-order valence-corrected chi connectivity index (χ2v) is 14.4. The Labute approximate surface area is 308 Å². The summed E-state index contributed by atoms with van der Waals surface area (Å²) >= 11 is 0. The summed E-state index contributed by atoms with van der Waals surface area (Å²) in [5, 5.41) is 6.97.